The Morgan fingerprint density at radius 2 is 1.94 bits per heavy atom. The molecule has 33 heavy (non-hydrogen) atoms. The summed E-state index contributed by atoms with van der Waals surface area (Å²) < 4.78 is 11.0. The molecule has 1 atom stereocenters. The lowest BCUT2D eigenvalue weighted by atomic mass is 9.97. The van der Waals surface area contributed by atoms with Gasteiger partial charge in [-0.25, -0.2) is 0 Å². The van der Waals surface area contributed by atoms with Gasteiger partial charge < -0.3 is 19.3 Å². The van der Waals surface area contributed by atoms with E-state index >= 15 is 0 Å². The summed E-state index contributed by atoms with van der Waals surface area (Å²) in [6, 6.07) is 14.0. The van der Waals surface area contributed by atoms with Crippen LogP contribution in [0.15, 0.2) is 54.9 Å². The van der Waals surface area contributed by atoms with Gasteiger partial charge in [0.2, 0.25) is 5.91 Å². The van der Waals surface area contributed by atoms with E-state index < -0.39 is 6.10 Å². The second kappa shape index (κ2) is 10.0. The number of methoxy groups -OCH3 is 1. The second-order valence-electron chi connectivity index (χ2n) is 8.28. The molecule has 0 N–H and O–H groups in total. The van der Waals surface area contributed by atoms with Crippen LogP contribution in [0.5, 0.6) is 5.75 Å². The summed E-state index contributed by atoms with van der Waals surface area (Å²) in [5.41, 5.74) is 3.39. The lowest BCUT2D eigenvalue weighted by Crippen LogP contribution is -2.55. The van der Waals surface area contributed by atoms with Crippen molar-refractivity contribution in [2.45, 2.75) is 20.0 Å². The standard InChI is InChI=1S/C26H29N3O4/c1-18-6-4-5-7-22(18)24-16-27-15-20-14-21(8-9-23(20)24)33-19(2)26(31)29-11-10-28(12-13-32-3)25(30)17-29/h4-9,14-16,19H,10-13,17H2,1-3H3/t19-/m1/s1. The molecule has 0 radical (unpaired) electrons. The lowest BCUT2D eigenvalue weighted by Gasteiger charge is -2.35. The molecule has 0 spiro atoms. The molecule has 0 bridgehead atoms. The van der Waals surface area contributed by atoms with Gasteiger partial charge in [-0.05, 0) is 48.6 Å². The third kappa shape index (κ3) is 4.98. The number of carbonyl (C=O) groups excluding carboxylic acids is 2. The Bertz CT molecular complexity index is 1160. The number of carbonyl (C=O) groups is 2. The minimum absolute atomic E-state index is 0.0671. The van der Waals surface area contributed by atoms with Gasteiger partial charge in [0.05, 0.1) is 13.2 Å². The fraction of sp³-hybridized carbons (Fsp3) is 0.346. The van der Waals surface area contributed by atoms with Crippen LogP contribution in [0.25, 0.3) is 21.9 Å². The topological polar surface area (TPSA) is 72.0 Å². The Kier molecular flexibility index (Phi) is 6.89. The maximum atomic E-state index is 12.9. The van der Waals surface area contributed by atoms with E-state index in [0.717, 1.165) is 21.9 Å². The van der Waals surface area contributed by atoms with E-state index in [2.05, 4.69) is 24.0 Å². The van der Waals surface area contributed by atoms with Gasteiger partial charge in [0.15, 0.2) is 6.10 Å². The van der Waals surface area contributed by atoms with Gasteiger partial charge >= 0.3 is 0 Å². The van der Waals surface area contributed by atoms with Crippen LogP contribution < -0.4 is 4.74 Å². The minimum Gasteiger partial charge on any atom is -0.481 e. The Morgan fingerprint density at radius 3 is 2.70 bits per heavy atom. The number of fused-ring (bicyclic) bond motifs is 1. The van der Waals surface area contributed by atoms with Crippen LogP contribution in [0.4, 0.5) is 0 Å². The third-order valence-corrected chi connectivity index (χ3v) is 6.02. The van der Waals surface area contributed by atoms with Crippen LogP contribution in [0.1, 0.15) is 12.5 Å². The van der Waals surface area contributed by atoms with E-state index in [9.17, 15) is 9.59 Å². The van der Waals surface area contributed by atoms with Crippen LogP contribution in [-0.2, 0) is 14.3 Å². The van der Waals surface area contributed by atoms with Gasteiger partial charge in [0, 0.05) is 50.1 Å². The van der Waals surface area contributed by atoms with Crippen LogP contribution in [0.2, 0.25) is 0 Å². The zero-order chi connectivity index (χ0) is 23.4. The molecule has 1 aliphatic heterocycles. The molecular formula is C26H29N3O4. The number of pyridine rings is 1. The molecule has 7 heteroatoms. The zero-order valence-electron chi connectivity index (χ0n) is 19.3. The maximum absolute atomic E-state index is 12.9. The number of ether oxygens (including phenoxy) is 2. The van der Waals surface area contributed by atoms with Gasteiger partial charge in [0.1, 0.15) is 5.75 Å². The van der Waals surface area contributed by atoms with Crippen molar-refractivity contribution in [2.24, 2.45) is 0 Å². The van der Waals surface area contributed by atoms with Crippen LogP contribution in [-0.4, -0.2) is 72.6 Å². The lowest BCUT2D eigenvalue weighted by molar-refractivity contribution is -0.149. The van der Waals surface area contributed by atoms with Gasteiger partial charge in [-0.1, -0.05) is 24.3 Å². The molecule has 0 saturated carbocycles. The molecule has 7 nitrogen and oxygen atoms in total. The highest BCUT2D eigenvalue weighted by Gasteiger charge is 2.30. The van der Waals surface area contributed by atoms with Gasteiger partial charge in [0.25, 0.3) is 5.91 Å². The van der Waals surface area contributed by atoms with Crippen molar-refractivity contribution in [2.75, 3.05) is 39.9 Å². The first-order valence-electron chi connectivity index (χ1n) is 11.1. The van der Waals surface area contributed by atoms with E-state index in [-0.39, 0.29) is 18.4 Å². The van der Waals surface area contributed by atoms with Crippen molar-refractivity contribution in [1.29, 1.82) is 0 Å². The molecule has 172 valence electrons. The number of rotatable bonds is 7. The summed E-state index contributed by atoms with van der Waals surface area (Å²) >= 11 is 0. The minimum atomic E-state index is -0.701. The van der Waals surface area contributed by atoms with E-state index in [0.29, 0.717) is 32.0 Å². The van der Waals surface area contributed by atoms with Gasteiger partial charge in [-0.2, -0.15) is 0 Å². The largest absolute Gasteiger partial charge is 0.481 e. The zero-order valence-corrected chi connectivity index (χ0v) is 19.3. The first-order valence-corrected chi connectivity index (χ1v) is 11.1. The summed E-state index contributed by atoms with van der Waals surface area (Å²) in [7, 11) is 1.61. The third-order valence-electron chi connectivity index (χ3n) is 6.02. The van der Waals surface area contributed by atoms with Gasteiger partial charge in [-0.15, -0.1) is 0 Å². The van der Waals surface area contributed by atoms with E-state index in [1.54, 1.807) is 30.0 Å². The first-order chi connectivity index (χ1) is 16.0. The summed E-state index contributed by atoms with van der Waals surface area (Å²) in [5.74, 6) is 0.332. The summed E-state index contributed by atoms with van der Waals surface area (Å²) in [5, 5.41) is 2.01. The molecule has 2 aromatic carbocycles. The highest BCUT2D eigenvalue weighted by Crippen LogP contribution is 2.32. The molecule has 2 amide bonds. The average Bonchev–Trinajstić information content (AvgIpc) is 2.82. The molecular weight excluding hydrogens is 418 g/mol. The molecule has 0 aliphatic carbocycles. The molecule has 1 aliphatic rings. The molecule has 1 aromatic heterocycles. The van der Waals surface area contributed by atoms with Crippen molar-refractivity contribution >= 4 is 22.6 Å². The molecule has 3 aromatic rings. The number of aromatic nitrogens is 1. The van der Waals surface area contributed by atoms with Gasteiger partial charge in [-0.3, -0.25) is 14.6 Å². The predicted octanol–water partition coefficient (Wildman–Crippen LogP) is 3.29. The van der Waals surface area contributed by atoms with Crippen molar-refractivity contribution in [3.05, 3.63) is 60.4 Å². The second-order valence-corrected chi connectivity index (χ2v) is 8.28. The highest BCUT2D eigenvalue weighted by atomic mass is 16.5. The van der Waals surface area contributed by atoms with Crippen molar-refractivity contribution in [1.82, 2.24) is 14.8 Å². The number of benzene rings is 2. The number of amides is 2. The van der Waals surface area contributed by atoms with Crippen molar-refractivity contribution in [3.8, 4) is 16.9 Å². The number of hydrogen-bond acceptors (Lipinski definition) is 5. The van der Waals surface area contributed by atoms with E-state index in [4.69, 9.17) is 9.47 Å². The summed E-state index contributed by atoms with van der Waals surface area (Å²) in [6.07, 6.45) is 2.97. The number of aryl methyl sites for hydroxylation is 1. The number of nitrogens with zero attached hydrogens (tertiary/aromatic N) is 3. The summed E-state index contributed by atoms with van der Waals surface area (Å²) in [6.45, 7) is 5.89. The Balaban J connectivity index is 1.46. The molecule has 4 rings (SSSR count). The van der Waals surface area contributed by atoms with Crippen LogP contribution in [0, 0.1) is 6.92 Å². The number of hydrogen-bond donors (Lipinski definition) is 0. The number of piperazine rings is 1. The smallest absolute Gasteiger partial charge is 0.263 e. The molecule has 1 fully saturated rings. The monoisotopic (exact) mass is 447 g/mol. The SMILES string of the molecule is COCCN1CCN(C(=O)[C@@H](C)Oc2ccc3c(-c4ccccc4C)cncc3c2)CC1=O. The quantitative estimate of drug-likeness (QED) is 0.556. The average molecular weight is 448 g/mol. The maximum Gasteiger partial charge on any atom is 0.263 e. The highest BCUT2D eigenvalue weighted by molar-refractivity contribution is 5.97. The van der Waals surface area contributed by atoms with Crippen molar-refractivity contribution in [3.63, 3.8) is 0 Å². The molecule has 2 heterocycles. The Labute approximate surface area is 193 Å². The van der Waals surface area contributed by atoms with Crippen LogP contribution >= 0.6 is 0 Å². The fourth-order valence-corrected chi connectivity index (χ4v) is 4.16. The molecule has 0 unspecified atom stereocenters. The van der Waals surface area contributed by atoms with E-state index in [1.165, 1.54) is 5.56 Å². The Morgan fingerprint density at radius 1 is 1.12 bits per heavy atom. The first kappa shape index (κ1) is 22.7. The predicted molar refractivity (Wildman–Crippen MR) is 127 cm³/mol. The van der Waals surface area contributed by atoms with E-state index in [1.807, 2.05) is 36.5 Å². The Hall–Kier alpha value is -3.45. The molecule has 1 saturated heterocycles. The fourth-order valence-electron chi connectivity index (χ4n) is 4.16. The van der Waals surface area contributed by atoms with Crippen LogP contribution in [0.3, 0.4) is 0 Å². The van der Waals surface area contributed by atoms with Crippen molar-refractivity contribution < 1.29 is 19.1 Å². The summed E-state index contributed by atoms with van der Waals surface area (Å²) in [4.78, 5) is 32.9. The normalized spacial score (nSPS) is 15.1.